The van der Waals surface area contributed by atoms with Crippen LogP contribution < -0.4 is 14.8 Å². The maximum Gasteiger partial charge on any atom is 0.161 e. The Morgan fingerprint density at radius 3 is 2.33 bits per heavy atom. The minimum Gasteiger partial charge on any atom is -0.493 e. The Morgan fingerprint density at radius 1 is 1.05 bits per heavy atom. The van der Waals surface area contributed by atoms with Crippen molar-refractivity contribution >= 4 is 0 Å². The SMILES string of the molecule is CCC(NCCCCC(C)C)c1ccc(OC)c(OC)c1. The Hall–Kier alpha value is -1.22. The van der Waals surface area contributed by atoms with Crippen molar-refractivity contribution in [1.82, 2.24) is 5.32 Å². The van der Waals surface area contributed by atoms with E-state index < -0.39 is 0 Å². The van der Waals surface area contributed by atoms with E-state index in [1.807, 2.05) is 6.07 Å². The van der Waals surface area contributed by atoms with Crippen LogP contribution in [0.3, 0.4) is 0 Å². The molecule has 1 aromatic rings. The summed E-state index contributed by atoms with van der Waals surface area (Å²) in [7, 11) is 3.35. The maximum atomic E-state index is 5.39. The van der Waals surface area contributed by atoms with Crippen LogP contribution >= 0.6 is 0 Å². The molecule has 1 unspecified atom stereocenters. The van der Waals surface area contributed by atoms with Gasteiger partial charge in [-0.2, -0.15) is 0 Å². The quantitative estimate of drug-likeness (QED) is 0.641. The first-order valence-corrected chi connectivity index (χ1v) is 8.07. The highest BCUT2D eigenvalue weighted by Gasteiger charge is 2.12. The summed E-state index contributed by atoms with van der Waals surface area (Å²) in [5, 5.41) is 3.65. The van der Waals surface area contributed by atoms with E-state index in [0.717, 1.165) is 30.4 Å². The van der Waals surface area contributed by atoms with Gasteiger partial charge in [0.05, 0.1) is 14.2 Å². The highest BCUT2D eigenvalue weighted by Crippen LogP contribution is 2.30. The monoisotopic (exact) mass is 293 g/mol. The lowest BCUT2D eigenvalue weighted by Crippen LogP contribution is -2.22. The van der Waals surface area contributed by atoms with Crippen LogP contribution in [0, 0.1) is 5.92 Å². The molecule has 21 heavy (non-hydrogen) atoms. The van der Waals surface area contributed by atoms with E-state index in [4.69, 9.17) is 9.47 Å². The molecular weight excluding hydrogens is 262 g/mol. The third-order valence-electron chi connectivity index (χ3n) is 3.82. The second-order valence-corrected chi connectivity index (χ2v) is 5.92. The fraction of sp³-hybridized carbons (Fsp3) is 0.667. The van der Waals surface area contributed by atoms with Crippen LogP contribution in [-0.4, -0.2) is 20.8 Å². The van der Waals surface area contributed by atoms with Gasteiger partial charge in [0.25, 0.3) is 0 Å². The summed E-state index contributed by atoms with van der Waals surface area (Å²) in [6.07, 6.45) is 4.92. The van der Waals surface area contributed by atoms with Crippen molar-refractivity contribution in [3.8, 4) is 11.5 Å². The lowest BCUT2D eigenvalue weighted by atomic mass is 10.0. The Morgan fingerprint density at radius 2 is 1.76 bits per heavy atom. The number of rotatable bonds is 10. The molecule has 0 aliphatic rings. The molecule has 1 N–H and O–H groups in total. The van der Waals surface area contributed by atoms with Crippen molar-refractivity contribution in [3.63, 3.8) is 0 Å². The smallest absolute Gasteiger partial charge is 0.161 e. The van der Waals surface area contributed by atoms with Crippen LogP contribution in [0.4, 0.5) is 0 Å². The zero-order valence-electron chi connectivity index (χ0n) is 14.2. The van der Waals surface area contributed by atoms with E-state index in [1.165, 1.54) is 24.8 Å². The molecule has 0 aliphatic heterocycles. The zero-order valence-corrected chi connectivity index (χ0v) is 14.2. The van der Waals surface area contributed by atoms with E-state index in [0.29, 0.717) is 6.04 Å². The summed E-state index contributed by atoms with van der Waals surface area (Å²) in [5.41, 5.74) is 1.26. The number of benzene rings is 1. The lowest BCUT2D eigenvalue weighted by molar-refractivity contribution is 0.353. The van der Waals surface area contributed by atoms with Crippen molar-refractivity contribution < 1.29 is 9.47 Å². The van der Waals surface area contributed by atoms with Gasteiger partial charge >= 0.3 is 0 Å². The molecule has 0 saturated carbocycles. The van der Waals surface area contributed by atoms with E-state index >= 15 is 0 Å². The van der Waals surface area contributed by atoms with Crippen molar-refractivity contribution in [3.05, 3.63) is 23.8 Å². The molecule has 120 valence electrons. The second kappa shape index (κ2) is 9.67. The molecule has 0 bridgehead atoms. The fourth-order valence-corrected chi connectivity index (χ4v) is 2.52. The first-order valence-electron chi connectivity index (χ1n) is 8.07. The topological polar surface area (TPSA) is 30.5 Å². The zero-order chi connectivity index (χ0) is 15.7. The summed E-state index contributed by atoms with van der Waals surface area (Å²) in [5.74, 6) is 2.39. The van der Waals surface area contributed by atoms with Gasteiger partial charge in [-0.3, -0.25) is 0 Å². The van der Waals surface area contributed by atoms with Crippen molar-refractivity contribution in [1.29, 1.82) is 0 Å². The number of hydrogen-bond acceptors (Lipinski definition) is 3. The van der Waals surface area contributed by atoms with Gasteiger partial charge in [-0.05, 0) is 43.0 Å². The Labute approximate surface area is 130 Å². The van der Waals surface area contributed by atoms with Gasteiger partial charge in [-0.25, -0.2) is 0 Å². The van der Waals surface area contributed by atoms with Crippen molar-refractivity contribution in [2.45, 2.75) is 52.5 Å². The van der Waals surface area contributed by atoms with Crippen LogP contribution in [0.1, 0.15) is 58.1 Å². The number of methoxy groups -OCH3 is 2. The largest absolute Gasteiger partial charge is 0.493 e. The van der Waals surface area contributed by atoms with Gasteiger partial charge in [0.15, 0.2) is 11.5 Å². The third-order valence-corrected chi connectivity index (χ3v) is 3.82. The third kappa shape index (κ3) is 5.96. The van der Waals surface area contributed by atoms with Gasteiger partial charge in [-0.15, -0.1) is 0 Å². The molecule has 1 aromatic carbocycles. The minimum atomic E-state index is 0.379. The lowest BCUT2D eigenvalue weighted by Gasteiger charge is -2.19. The first-order chi connectivity index (χ1) is 10.1. The van der Waals surface area contributed by atoms with E-state index in [2.05, 4.69) is 38.2 Å². The van der Waals surface area contributed by atoms with Crippen LogP contribution in [-0.2, 0) is 0 Å². The van der Waals surface area contributed by atoms with E-state index in [9.17, 15) is 0 Å². The Kier molecular flexibility index (Phi) is 8.21. The van der Waals surface area contributed by atoms with Gasteiger partial charge in [-0.1, -0.05) is 39.7 Å². The molecule has 1 atom stereocenters. The van der Waals surface area contributed by atoms with Gasteiger partial charge < -0.3 is 14.8 Å². The predicted molar refractivity (Wildman–Crippen MR) is 89.3 cm³/mol. The molecular formula is C18H31NO2. The summed E-state index contributed by atoms with van der Waals surface area (Å²) < 4.78 is 10.7. The van der Waals surface area contributed by atoms with Crippen LogP contribution in [0.2, 0.25) is 0 Å². The average molecular weight is 293 g/mol. The average Bonchev–Trinajstić information content (AvgIpc) is 2.50. The van der Waals surface area contributed by atoms with E-state index in [-0.39, 0.29) is 0 Å². The summed E-state index contributed by atoms with van der Waals surface area (Å²) in [6.45, 7) is 7.85. The molecule has 3 heteroatoms. The van der Waals surface area contributed by atoms with Crippen LogP contribution in [0.5, 0.6) is 11.5 Å². The summed E-state index contributed by atoms with van der Waals surface area (Å²) in [6, 6.07) is 6.56. The second-order valence-electron chi connectivity index (χ2n) is 5.92. The highest BCUT2D eigenvalue weighted by atomic mass is 16.5. The molecule has 0 aromatic heterocycles. The molecule has 1 rings (SSSR count). The molecule has 0 saturated heterocycles. The van der Waals surface area contributed by atoms with E-state index in [1.54, 1.807) is 14.2 Å². The Bertz CT molecular complexity index is 404. The standard InChI is InChI=1S/C18H31NO2/c1-6-16(19-12-8-7-9-14(2)3)15-10-11-17(20-4)18(13-15)21-5/h10-11,13-14,16,19H,6-9,12H2,1-5H3. The van der Waals surface area contributed by atoms with Crippen LogP contribution in [0.25, 0.3) is 0 Å². The fourth-order valence-electron chi connectivity index (χ4n) is 2.52. The van der Waals surface area contributed by atoms with Gasteiger partial charge in [0, 0.05) is 6.04 Å². The molecule has 0 fully saturated rings. The highest BCUT2D eigenvalue weighted by molar-refractivity contribution is 5.43. The number of ether oxygens (including phenoxy) is 2. The first kappa shape index (κ1) is 17.8. The molecule has 0 spiro atoms. The maximum absolute atomic E-state index is 5.39. The number of nitrogens with one attached hydrogen (secondary N) is 1. The van der Waals surface area contributed by atoms with Gasteiger partial charge in [0.1, 0.15) is 0 Å². The molecule has 0 amide bonds. The normalized spacial score (nSPS) is 12.5. The molecule has 0 aliphatic carbocycles. The van der Waals surface area contributed by atoms with Gasteiger partial charge in [0.2, 0.25) is 0 Å². The summed E-state index contributed by atoms with van der Waals surface area (Å²) >= 11 is 0. The molecule has 3 nitrogen and oxygen atoms in total. The predicted octanol–water partition coefficient (Wildman–Crippen LogP) is 4.57. The number of unbranched alkanes of at least 4 members (excludes halogenated alkanes) is 1. The molecule has 0 heterocycles. The molecule has 0 radical (unpaired) electrons. The van der Waals surface area contributed by atoms with Crippen molar-refractivity contribution in [2.75, 3.05) is 20.8 Å². The number of hydrogen-bond donors (Lipinski definition) is 1. The minimum absolute atomic E-state index is 0.379. The van der Waals surface area contributed by atoms with Crippen molar-refractivity contribution in [2.24, 2.45) is 5.92 Å². The Balaban J connectivity index is 2.55. The van der Waals surface area contributed by atoms with Crippen LogP contribution in [0.15, 0.2) is 18.2 Å². The summed E-state index contributed by atoms with van der Waals surface area (Å²) in [4.78, 5) is 0.